The average Bonchev–Trinajstić information content (AvgIpc) is 2.57. The summed E-state index contributed by atoms with van der Waals surface area (Å²) in [6, 6.07) is 4.60. The lowest BCUT2D eigenvalue weighted by molar-refractivity contribution is -0.142. The zero-order valence-corrected chi connectivity index (χ0v) is 13.8. The van der Waals surface area contributed by atoms with Crippen molar-refractivity contribution in [2.75, 3.05) is 33.0 Å². The smallest absolute Gasteiger partial charge is 0.329 e. The highest BCUT2D eigenvalue weighted by Gasteiger charge is 2.02. The Labute approximate surface area is 141 Å². The molecule has 24 heavy (non-hydrogen) atoms. The molecule has 0 spiro atoms. The first-order valence-corrected chi connectivity index (χ1v) is 8.12. The molecule has 0 radical (unpaired) electrons. The maximum atomic E-state index is 13.3. The molecule has 1 rings (SSSR count). The molecule has 3 N–H and O–H groups in total. The molecule has 0 aliphatic heterocycles. The number of hydrogen-bond donors (Lipinski definition) is 2. The van der Waals surface area contributed by atoms with Crippen molar-refractivity contribution < 1.29 is 28.5 Å². The summed E-state index contributed by atoms with van der Waals surface area (Å²) in [6.45, 7) is 2.07. The fraction of sp³-hybridized carbons (Fsp3) is 0.588. The Hall–Kier alpha value is -1.70. The number of benzene rings is 1. The van der Waals surface area contributed by atoms with Crippen molar-refractivity contribution in [3.8, 4) is 5.75 Å². The van der Waals surface area contributed by atoms with Crippen molar-refractivity contribution in [1.29, 1.82) is 0 Å². The molecule has 0 atom stereocenters. The Morgan fingerprint density at radius 1 is 1.04 bits per heavy atom. The molecule has 0 aliphatic carbocycles. The number of carboxylic acids is 1. The second-order valence-electron chi connectivity index (χ2n) is 5.28. The first-order valence-electron chi connectivity index (χ1n) is 8.12. The van der Waals surface area contributed by atoms with E-state index < -0.39 is 5.97 Å². The summed E-state index contributed by atoms with van der Waals surface area (Å²) in [4.78, 5) is 10.2. The van der Waals surface area contributed by atoms with E-state index >= 15 is 0 Å². The molecule has 0 bridgehead atoms. The van der Waals surface area contributed by atoms with Crippen molar-refractivity contribution in [3.05, 3.63) is 29.6 Å². The Balaban J connectivity index is 1.93. The summed E-state index contributed by atoms with van der Waals surface area (Å²) in [5.74, 6) is -0.636. The highest BCUT2D eigenvalue weighted by molar-refractivity contribution is 5.67. The third kappa shape index (κ3) is 9.44. The minimum atomic E-state index is -0.960. The van der Waals surface area contributed by atoms with Crippen molar-refractivity contribution >= 4 is 5.97 Å². The number of ether oxygens (including phenoxy) is 3. The summed E-state index contributed by atoms with van der Waals surface area (Å²) < 4.78 is 29.2. The van der Waals surface area contributed by atoms with Crippen LogP contribution in [0.2, 0.25) is 0 Å². The first-order chi connectivity index (χ1) is 11.6. The van der Waals surface area contributed by atoms with Gasteiger partial charge in [0.1, 0.15) is 18.2 Å². The van der Waals surface area contributed by atoms with Crippen molar-refractivity contribution in [2.45, 2.75) is 32.2 Å². The molecule has 0 unspecified atom stereocenters. The van der Waals surface area contributed by atoms with Gasteiger partial charge in [-0.3, -0.25) is 0 Å². The lowest BCUT2D eigenvalue weighted by Crippen LogP contribution is -2.09. The maximum absolute atomic E-state index is 13.3. The monoisotopic (exact) mass is 343 g/mol. The third-order valence-electron chi connectivity index (χ3n) is 3.24. The first kappa shape index (κ1) is 20.3. The van der Waals surface area contributed by atoms with Crippen LogP contribution in [0.4, 0.5) is 4.39 Å². The van der Waals surface area contributed by atoms with Crippen molar-refractivity contribution in [2.24, 2.45) is 5.73 Å². The van der Waals surface area contributed by atoms with E-state index in [0.717, 1.165) is 19.3 Å². The number of unbranched alkanes of at least 4 members (excludes halogenated alkanes) is 2. The molecule has 136 valence electrons. The predicted molar refractivity (Wildman–Crippen MR) is 87.5 cm³/mol. The van der Waals surface area contributed by atoms with Gasteiger partial charge in [0.25, 0.3) is 0 Å². The van der Waals surface area contributed by atoms with Crippen LogP contribution in [0, 0.1) is 5.82 Å². The Morgan fingerprint density at radius 3 is 2.50 bits per heavy atom. The summed E-state index contributed by atoms with van der Waals surface area (Å²) >= 11 is 0. The lowest BCUT2D eigenvalue weighted by atomic mass is 10.2. The van der Waals surface area contributed by atoms with E-state index in [2.05, 4.69) is 0 Å². The number of hydrogen-bond acceptors (Lipinski definition) is 5. The van der Waals surface area contributed by atoms with Gasteiger partial charge < -0.3 is 25.1 Å². The van der Waals surface area contributed by atoms with Gasteiger partial charge in [-0.2, -0.15) is 0 Å². The van der Waals surface area contributed by atoms with Crippen LogP contribution in [0.3, 0.4) is 0 Å². The van der Waals surface area contributed by atoms with E-state index in [0.29, 0.717) is 44.2 Å². The molecule has 0 amide bonds. The van der Waals surface area contributed by atoms with E-state index in [1.54, 1.807) is 12.1 Å². The van der Waals surface area contributed by atoms with E-state index in [4.69, 9.17) is 25.1 Å². The van der Waals surface area contributed by atoms with Gasteiger partial charge in [-0.1, -0.05) is 0 Å². The van der Waals surface area contributed by atoms with Gasteiger partial charge in [0.05, 0.1) is 6.61 Å². The number of rotatable bonds is 14. The van der Waals surface area contributed by atoms with Gasteiger partial charge in [0.15, 0.2) is 0 Å². The van der Waals surface area contributed by atoms with Crippen LogP contribution >= 0.6 is 0 Å². The van der Waals surface area contributed by atoms with Gasteiger partial charge in [0.2, 0.25) is 0 Å². The van der Waals surface area contributed by atoms with E-state index in [9.17, 15) is 9.18 Å². The van der Waals surface area contributed by atoms with Crippen LogP contribution in [0.1, 0.15) is 31.2 Å². The maximum Gasteiger partial charge on any atom is 0.329 e. The zero-order valence-electron chi connectivity index (χ0n) is 13.8. The van der Waals surface area contributed by atoms with Crippen molar-refractivity contribution in [1.82, 2.24) is 0 Å². The minimum Gasteiger partial charge on any atom is -0.494 e. The summed E-state index contributed by atoms with van der Waals surface area (Å²) in [7, 11) is 0. The van der Waals surface area contributed by atoms with Crippen LogP contribution < -0.4 is 10.5 Å². The Bertz CT molecular complexity index is 484. The normalized spacial score (nSPS) is 10.8. The van der Waals surface area contributed by atoms with Crippen LogP contribution in [0.5, 0.6) is 5.75 Å². The molecular formula is C17H26FNO5. The lowest BCUT2D eigenvalue weighted by Gasteiger charge is -2.08. The quantitative estimate of drug-likeness (QED) is 0.504. The molecule has 0 saturated carbocycles. The average molecular weight is 343 g/mol. The molecule has 1 aromatic carbocycles. The number of carboxylic acid groups (broad SMARTS) is 1. The van der Waals surface area contributed by atoms with Crippen LogP contribution in [-0.4, -0.2) is 44.1 Å². The Kier molecular flexibility index (Phi) is 10.8. The second-order valence-corrected chi connectivity index (χ2v) is 5.28. The fourth-order valence-electron chi connectivity index (χ4n) is 1.99. The minimum absolute atomic E-state index is 0.154. The van der Waals surface area contributed by atoms with E-state index in [1.807, 2.05) is 0 Å². The van der Waals surface area contributed by atoms with E-state index in [-0.39, 0.29) is 19.0 Å². The molecular weight excluding hydrogens is 317 g/mol. The molecule has 6 nitrogen and oxygen atoms in total. The standard InChI is InChI=1S/C17H26FNO5/c18-16-6-5-15(11-14(16)12-19)24-10-3-1-2-7-22-8-4-9-23-13-17(20)21/h5-6,11H,1-4,7-10,12-13,19H2,(H,20,21). The topological polar surface area (TPSA) is 91.0 Å². The van der Waals surface area contributed by atoms with Crippen LogP contribution in [0.25, 0.3) is 0 Å². The molecule has 0 aliphatic rings. The number of nitrogens with two attached hydrogens (primary N) is 1. The molecule has 1 aromatic rings. The number of aliphatic carboxylic acids is 1. The van der Waals surface area contributed by atoms with Gasteiger partial charge in [-0.15, -0.1) is 0 Å². The third-order valence-corrected chi connectivity index (χ3v) is 3.24. The fourth-order valence-corrected chi connectivity index (χ4v) is 1.99. The molecule has 0 aromatic heterocycles. The molecule has 0 heterocycles. The highest BCUT2D eigenvalue weighted by atomic mass is 19.1. The largest absolute Gasteiger partial charge is 0.494 e. The molecule has 0 saturated heterocycles. The molecule has 7 heteroatoms. The van der Waals surface area contributed by atoms with Crippen LogP contribution in [0.15, 0.2) is 18.2 Å². The van der Waals surface area contributed by atoms with Gasteiger partial charge in [-0.05, 0) is 43.9 Å². The number of halogens is 1. The molecule has 0 fully saturated rings. The predicted octanol–water partition coefficient (Wildman–Crippen LogP) is 2.34. The van der Waals surface area contributed by atoms with Gasteiger partial charge in [0, 0.05) is 31.9 Å². The number of carbonyl (C=O) groups is 1. The summed E-state index contributed by atoms with van der Waals surface area (Å²) in [5, 5.41) is 8.38. The Morgan fingerprint density at radius 2 is 1.75 bits per heavy atom. The van der Waals surface area contributed by atoms with Crippen molar-refractivity contribution in [3.63, 3.8) is 0 Å². The van der Waals surface area contributed by atoms with E-state index in [1.165, 1.54) is 6.07 Å². The zero-order chi connectivity index (χ0) is 17.6. The van der Waals surface area contributed by atoms with Gasteiger partial charge >= 0.3 is 5.97 Å². The summed E-state index contributed by atoms with van der Waals surface area (Å²) in [5.41, 5.74) is 5.90. The summed E-state index contributed by atoms with van der Waals surface area (Å²) in [6.07, 6.45) is 3.47. The van der Waals surface area contributed by atoms with Gasteiger partial charge in [-0.25, -0.2) is 9.18 Å². The SMILES string of the molecule is NCc1cc(OCCCCCOCCCOCC(=O)O)ccc1F. The van der Waals surface area contributed by atoms with Crippen LogP contribution in [-0.2, 0) is 20.8 Å². The second kappa shape index (κ2) is 12.7. The highest BCUT2D eigenvalue weighted by Crippen LogP contribution is 2.16.